The third-order valence-corrected chi connectivity index (χ3v) is 2.60. The van der Waals surface area contributed by atoms with E-state index in [1.807, 2.05) is 19.2 Å². The Bertz CT molecular complexity index is 406. The summed E-state index contributed by atoms with van der Waals surface area (Å²) in [5, 5.41) is 4.21. The standard InChI is InChI=1S/C9H9N2S/c1-6-3-4-8-7(5-6)9(10-2)11-12-8/h3-5H,1H2,2H3,(H,10,11). The normalized spacial score (nSPS) is 10.5. The lowest BCUT2D eigenvalue weighted by Gasteiger charge is -1.95. The van der Waals surface area contributed by atoms with Crippen LogP contribution in [0.3, 0.4) is 0 Å². The van der Waals surface area contributed by atoms with Gasteiger partial charge in [-0.15, -0.1) is 0 Å². The van der Waals surface area contributed by atoms with Gasteiger partial charge in [0.15, 0.2) is 0 Å². The van der Waals surface area contributed by atoms with Gasteiger partial charge in [0.05, 0.1) is 4.70 Å². The van der Waals surface area contributed by atoms with E-state index in [0.29, 0.717) is 0 Å². The van der Waals surface area contributed by atoms with E-state index in [-0.39, 0.29) is 0 Å². The molecule has 0 aliphatic rings. The van der Waals surface area contributed by atoms with Crippen molar-refractivity contribution in [2.24, 2.45) is 0 Å². The smallest absolute Gasteiger partial charge is 0.147 e. The van der Waals surface area contributed by atoms with Crippen molar-refractivity contribution in [2.45, 2.75) is 0 Å². The fourth-order valence-electron chi connectivity index (χ4n) is 1.17. The van der Waals surface area contributed by atoms with Crippen LogP contribution in [0.15, 0.2) is 18.2 Å². The summed E-state index contributed by atoms with van der Waals surface area (Å²) in [6, 6.07) is 6.10. The van der Waals surface area contributed by atoms with Gasteiger partial charge in [0.25, 0.3) is 0 Å². The van der Waals surface area contributed by atoms with Crippen molar-refractivity contribution in [3.8, 4) is 0 Å². The molecule has 1 aromatic carbocycles. The Morgan fingerprint density at radius 2 is 2.33 bits per heavy atom. The van der Waals surface area contributed by atoms with Crippen molar-refractivity contribution in [3.05, 3.63) is 30.7 Å². The number of nitrogens with zero attached hydrogens (tertiary/aromatic N) is 1. The average molecular weight is 177 g/mol. The van der Waals surface area contributed by atoms with Gasteiger partial charge in [0.1, 0.15) is 5.82 Å². The maximum atomic E-state index is 4.26. The molecule has 0 aliphatic heterocycles. The molecule has 0 unspecified atom stereocenters. The zero-order chi connectivity index (χ0) is 8.55. The SMILES string of the molecule is [CH2]c1ccc2snc(NC)c2c1. The topological polar surface area (TPSA) is 24.9 Å². The van der Waals surface area contributed by atoms with Crippen LogP contribution in [0.5, 0.6) is 0 Å². The minimum absolute atomic E-state index is 0.945. The lowest BCUT2D eigenvalue weighted by atomic mass is 10.2. The van der Waals surface area contributed by atoms with Gasteiger partial charge < -0.3 is 5.32 Å². The second-order valence-electron chi connectivity index (χ2n) is 2.61. The second kappa shape index (κ2) is 2.75. The quantitative estimate of drug-likeness (QED) is 0.724. The predicted molar refractivity (Wildman–Crippen MR) is 53.6 cm³/mol. The zero-order valence-corrected chi connectivity index (χ0v) is 7.61. The number of hydrogen-bond acceptors (Lipinski definition) is 3. The summed E-state index contributed by atoms with van der Waals surface area (Å²) in [4.78, 5) is 0. The van der Waals surface area contributed by atoms with E-state index in [0.717, 1.165) is 16.8 Å². The highest BCUT2D eigenvalue weighted by molar-refractivity contribution is 7.13. The molecule has 0 aliphatic carbocycles. The lowest BCUT2D eigenvalue weighted by molar-refractivity contribution is 1.45. The van der Waals surface area contributed by atoms with Crippen LogP contribution in [0, 0.1) is 6.92 Å². The molecule has 0 bridgehead atoms. The Balaban J connectivity index is 2.75. The van der Waals surface area contributed by atoms with Gasteiger partial charge in [-0.05, 0) is 36.2 Å². The van der Waals surface area contributed by atoms with Crippen molar-refractivity contribution < 1.29 is 0 Å². The summed E-state index contributed by atoms with van der Waals surface area (Å²) in [6.45, 7) is 3.87. The Hall–Kier alpha value is -1.09. The highest BCUT2D eigenvalue weighted by atomic mass is 32.1. The third kappa shape index (κ3) is 1.06. The molecule has 0 amide bonds. The fourth-order valence-corrected chi connectivity index (χ4v) is 1.93. The number of anilines is 1. The first kappa shape index (κ1) is 7.55. The molecule has 61 valence electrons. The van der Waals surface area contributed by atoms with E-state index >= 15 is 0 Å². The van der Waals surface area contributed by atoms with Crippen LogP contribution >= 0.6 is 11.5 Å². The Morgan fingerprint density at radius 3 is 3.08 bits per heavy atom. The van der Waals surface area contributed by atoms with E-state index in [1.165, 1.54) is 16.2 Å². The van der Waals surface area contributed by atoms with Gasteiger partial charge in [0.2, 0.25) is 0 Å². The molecule has 12 heavy (non-hydrogen) atoms. The van der Waals surface area contributed by atoms with Gasteiger partial charge in [0, 0.05) is 12.4 Å². The highest BCUT2D eigenvalue weighted by Crippen LogP contribution is 2.26. The Morgan fingerprint density at radius 1 is 1.50 bits per heavy atom. The third-order valence-electron chi connectivity index (χ3n) is 1.77. The summed E-state index contributed by atoms with van der Waals surface area (Å²) < 4.78 is 5.46. The van der Waals surface area contributed by atoms with Gasteiger partial charge in [-0.2, -0.15) is 4.37 Å². The van der Waals surface area contributed by atoms with Crippen LogP contribution in [0.4, 0.5) is 5.82 Å². The molecule has 2 aromatic rings. The monoisotopic (exact) mass is 177 g/mol. The molecule has 2 rings (SSSR count). The van der Waals surface area contributed by atoms with E-state index in [2.05, 4.69) is 22.7 Å². The summed E-state index contributed by atoms with van der Waals surface area (Å²) in [5.74, 6) is 0.945. The Labute approximate surface area is 75.4 Å². The summed E-state index contributed by atoms with van der Waals surface area (Å²) in [6.07, 6.45) is 0. The van der Waals surface area contributed by atoms with E-state index in [1.54, 1.807) is 0 Å². The number of aromatic nitrogens is 1. The average Bonchev–Trinajstić information content (AvgIpc) is 2.46. The van der Waals surface area contributed by atoms with Crippen molar-refractivity contribution in [3.63, 3.8) is 0 Å². The van der Waals surface area contributed by atoms with E-state index < -0.39 is 0 Å². The summed E-state index contributed by atoms with van der Waals surface area (Å²) in [7, 11) is 1.88. The maximum absolute atomic E-state index is 4.26. The molecule has 2 nitrogen and oxygen atoms in total. The van der Waals surface area contributed by atoms with Crippen molar-refractivity contribution in [2.75, 3.05) is 12.4 Å². The van der Waals surface area contributed by atoms with Crippen LogP contribution in [0.25, 0.3) is 10.1 Å². The first-order valence-corrected chi connectivity index (χ1v) is 4.48. The van der Waals surface area contributed by atoms with E-state index in [4.69, 9.17) is 0 Å². The number of rotatable bonds is 1. The fraction of sp³-hybridized carbons (Fsp3) is 0.111. The first-order valence-electron chi connectivity index (χ1n) is 3.70. The van der Waals surface area contributed by atoms with Gasteiger partial charge in [-0.3, -0.25) is 0 Å². The van der Waals surface area contributed by atoms with Crippen LogP contribution in [0.2, 0.25) is 0 Å². The van der Waals surface area contributed by atoms with Crippen molar-refractivity contribution >= 4 is 27.4 Å². The molecule has 3 heteroatoms. The van der Waals surface area contributed by atoms with Gasteiger partial charge >= 0.3 is 0 Å². The lowest BCUT2D eigenvalue weighted by Crippen LogP contribution is -1.87. The molecule has 1 N–H and O–H groups in total. The van der Waals surface area contributed by atoms with Crippen LogP contribution in [-0.4, -0.2) is 11.4 Å². The van der Waals surface area contributed by atoms with E-state index in [9.17, 15) is 0 Å². The van der Waals surface area contributed by atoms with Crippen LogP contribution in [-0.2, 0) is 0 Å². The van der Waals surface area contributed by atoms with Gasteiger partial charge in [-0.25, -0.2) is 0 Å². The second-order valence-corrected chi connectivity index (χ2v) is 3.42. The summed E-state index contributed by atoms with van der Waals surface area (Å²) >= 11 is 1.51. The molecule has 1 heterocycles. The van der Waals surface area contributed by atoms with Crippen molar-refractivity contribution in [1.29, 1.82) is 0 Å². The molecular formula is C9H9N2S. The molecule has 0 atom stereocenters. The predicted octanol–water partition coefficient (Wildman–Crippen LogP) is 2.52. The summed E-state index contributed by atoms with van der Waals surface area (Å²) in [5.41, 5.74) is 1.03. The number of fused-ring (bicyclic) bond motifs is 1. The highest BCUT2D eigenvalue weighted by Gasteiger charge is 2.02. The zero-order valence-electron chi connectivity index (χ0n) is 6.79. The number of nitrogens with one attached hydrogen (secondary N) is 1. The van der Waals surface area contributed by atoms with Crippen molar-refractivity contribution in [1.82, 2.24) is 4.37 Å². The number of benzene rings is 1. The minimum Gasteiger partial charge on any atom is -0.372 e. The maximum Gasteiger partial charge on any atom is 0.147 e. The minimum atomic E-state index is 0.945. The molecule has 0 saturated carbocycles. The number of hydrogen-bond donors (Lipinski definition) is 1. The Kier molecular flexibility index (Phi) is 1.73. The van der Waals surface area contributed by atoms with Crippen LogP contribution < -0.4 is 5.32 Å². The largest absolute Gasteiger partial charge is 0.372 e. The molecule has 0 fully saturated rings. The molecule has 1 radical (unpaired) electrons. The van der Waals surface area contributed by atoms with Crippen LogP contribution in [0.1, 0.15) is 5.56 Å². The molecular weight excluding hydrogens is 168 g/mol. The molecule has 0 spiro atoms. The molecule has 1 aromatic heterocycles. The first-order chi connectivity index (χ1) is 5.81. The van der Waals surface area contributed by atoms with Gasteiger partial charge in [-0.1, -0.05) is 6.07 Å². The molecule has 0 saturated heterocycles.